The molecule has 32 heavy (non-hydrogen) atoms. The Kier molecular flexibility index (Phi) is 7.12. The van der Waals surface area contributed by atoms with Gasteiger partial charge in [0.1, 0.15) is 5.75 Å². The second kappa shape index (κ2) is 10.2. The summed E-state index contributed by atoms with van der Waals surface area (Å²) in [5.41, 5.74) is 6.80. The molecule has 0 bridgehead atoms. The van der Waals surface area contributed by atoms with Crippen molar-refractivity contribution >= 4 is 17.5 Å². The summed E-state index contributed by atoms with van der Waals surface area (Å²) in [6.45, 7) is 0. The molecule has 0 aliphatic heterocycles. The van der Waals surface area contributed by atoms with Gasteiger partial charge in [0.2, 0.25) is 23.4 Å². The van der Waals surface area contributed by atoms with Crippen molar-refractivity contribution in [1.29, 1.82) is 0 Å². The number of carbonyl (C=O) groups is 2. The van der Waals surface area contributed by atoms with Crippen molar-refractivity contribution < 1.29 is 28.5 Å². The van der Waals surface area contributed by atoms with Gasteiger partial charge in [-0.2, -0.15) is 0 Å². The topological polar surface area (TPSA) is 122 Å². The zero-order chi connectivity index (χ0) is 23.1. The Morgan fingerprint density at radius 2 is 1.69 bits per heavy atom. The highest BCUT2D eigenvalue weighted by molar-refractivity contribution is 5.93. The number of amides is 2. The molecular formula is C23H23N3O6. The van der Waals surface area contributed by atoms with Crippen molar-refractivity contribution in [2.24, 2.45) is 5.73 Å². The molecule has 166 valence electrons. The molecule has 0 aliphatic carbocycles. The zero-order valence-corrected chi connectivity index (χ0v) is 17.9. The standard InChI is InChI=1S/C23H23N3O6/c1-29-18-9-14(10-19(30-2)22(18)31-3)11-20(27)26-16-7-8-21(25-13-16)32-17-6-4-5-15(12-17)23(24)28/h4-10,12-13H,11H2,1-3H3,(H2,24,28)(H,26,27). The van der Waals surface area contributed by atoms with Crippen LogP contribution in [0.4, 0.5) is 5.69 Å². The molecular weight excluding hydrogens is 414 g/mol. The van der Waals surface area contributed by atoms with E-state index in [1.165, 1.54) is 33.6 Å². The van der Waals surface area contributed by atoms with Gasteiger partial charge in [0, 0.05) is 11.6 Å². The predicted octanol–water partition coefficient (Wildman–Crippen LogP) is 3.18. The fraction of sp³-hybridized carbons (Fsp3) is 0.174. The number of benzene rings is 2. The molecule has 1 heterocycles. The average molecular weight is 437 g/mol. The average Bonchev–Trinajstić information content (AvgIpc) is 2.79. The van der Waals surface area contributed by atoms with E-state index in [9.17, 15) is 9.59 Å². The quantitative estimate of drug-likeness (QED) is 0.527. The van der Waals surface area contributed by atoms with E-state index in [2.05, 4.69) is 10.3 Å². The first-order valence-electron chi connectivity index (χ1n) is 9.56. The summed E-state index contributed by atoms with van der Waals surface area (Å²) in [7, 11) is 4.54. The minimum Gasteiger partial charge on any atom is -0.493 e. The second-order valence-corrected chi connectivity index (χ2v) is 6.64. The molecule has 0 saturated carbocycles. The van der Waals surface area contributed by atoms with E-state index in [0.29, 0.717) is 45.7 Å². The molecule has 3 aromatic rings. The Morgan fingerprint density at radius 3 is 2.25 bits per heavy atom. The fourth-order valence-corrected chi connectivity index (χ4v) is 2.98. The molecule has 9 heteroatoms. The van der Waals surface area contributed by atoms with Gasteiger partial charge in [0.05, 0.1) is 39.6 Å². The summed E-state index contributed by atoms with van der Waals surface area (Å²) in [6, 6.07) is 13.2. The number of pyridine rings is 1. The van der Waals surface area contributed by atoms with Crippen LogP contribution in [-0.4, -0.2) is 38.1 Å². The number of nitrogens with one attached hydrogen (secondary N) is 1. The van der Waals surface area contributed by atoms with Gasteiger partial charge in [0.25, 0.3) is 0 Å². The Balaban J connectivity index is 1.65. The number of carbonyl (C=O) groups excluding carboxylic acids is 2. The lowest BCUT2D eigenvalue weighted by molar-refractivity contribution is -0.115. The van der Waals surface area contributed by atoms with Gasteiger partial charge < -0.3 is 30.0 Å². The first-order chi connectivity index (χ1) is 15.4. The van der Waals surface area contributed by atoms with E-state index < -0.39 is 5.91 Å². The highest BCUT2D eigenvalue weighted by atomic mass is 16.5. The lowest BCUT2D eigenvalue weighted by atomic mass is 10.1. The molecule has 0 aliphatic rings. The highest BCUT2D eigenvalue weighted by Gasteiger charge is 2.15. The van der Waals surface area contributed by atoms with Crippen LogP contribution >= 0.6 is 0 Å². The number of nitrogens with two attached hydrogens (primary N) is 1. The molecule has 0 unspecified atom stereocenters. The Bertz CT molecular complexity index is 1090. The summed E-state index contributed by atoms with van der Waals surface area (Å²) in [5.74, 6) is 1.33. The van der Waals surface area contributed by atoms with Gasteiger partial charge in [-0.15, -0.1) is 0 Å². The predicted molar refractivity (Wildman–Crippen MR) is 118 cm³/mol. The number of nitrogens with zero attached hydrogens (tertiary/aromatic N) is 1. The first kappa shape index (κ1) is 22.4. The first-order valence-corrected chi connectivity index (χ1v) is 9.56. The SMILES string of the molecule is COc1cc(CC(=O)Nc2ccc(Oc3cccc(C(N)=O)c3)nc2)cc(OC)c1OC. The minimum absolute atomic E-state index is 0.0921. The summed E-state index contributed by atoms with van der Waals surface area (Å²) in [5, 5.41) is 2.78. The summed E-state index contributed by atoms with van der Waals surface area (Å²) in [4.78, 5) is 27.9. The number of methoxy groups -OCH3 is 3. The van der Waals surface area contributed by atoms with E-state index in [1.807, 2.05) is 0 Å². The molecule has 0 atom stereocenters. The fourth-order valence-electron chi connectivity index (χ4n) is 2.98. The molecule has 3 rings (SSSR count). The largest absolute Gasteiger partial charge is 0.493 e. The van der Waals surface area contributed by atoms with Crippen LogP contribution in [0.5, 0.6) is 28.9 Å². The van der Waals surface area contributed by atoms with Crippen LogP contribution in [0.25, 0.3) is 0 Å². The van der Waals surface area contributed by atoms with Gasteiger partial charge in [-0.1, -0.05) is 6.07 Å². The number of hydrogen-bond acceptors (Lipinski definition) is 7. The van der Waals surface area contributed by atoms with Crippen molar-refractivity contribution in [2.75, 3.05) is 26.6 Å². The third-order valence-electron chi connectivity index (χ3n) is 4.45. The number of aromatic nitrogens is 1. The Labute approximate surface area is 185 Å². The van der Waals surface area contributed by atoms with E-state index in [0.717, 1.165) is 0 Å². The van der Waals surface area contributed by atoms with Gasteiger partial charge >= 0.3 is 0 Å². The number of ether oxygens (including phenoxy) is 4. The van der Waals surface area contributed by atoms with Crippen LogP contribution in [0.1, 0.15) is 15.9 Å². The van der Waals surface area contributed by atoms with Crippen molar-refractivity contribution in [1.82, 2.24) is 4.98 Å². The van der Waals surface area contributed by atoms with Gasteiger partial charge in [-0.3, -0.25) is 9.59 Å². The van der Waals surface area contributed by atoms with Crippen LogP contribution in [0, 0.1) is 0 Å². The van der Waals surface area contributed by atoms with Crippen molar-refractivity contribution in [3.05, 3.63) is 65.9 Å². The number of rotatable bonds is 9. The van der Waals surface area contributed by atoms with Crippen molar-refractivity contribution in [3.63, 3.8) is 0 Å². The van der Waals surface area contributed by atoms with Crippen LogP contribution in [0.2, 0.25) is 0 Å². The Morgan fingerprint density at radius 1 is 0.969 bits per heavy atom. The molecule has 0 saturated heterocycles. The van der Waals surface area contributed by atoms with Crippen molar-refractivity contribution in [2.45, 2.75) is 6.42 Å². The van der Waals surface area contributed by atoms with E-state index in [4.69, 9.17) is 24.7 Å². The maximum Gasteiger partial charge on any atom is 0.248 e. The lowest BCUT2D eigenvalue weighted by Gasteiger charge is -2.14. The maximum atomic E-state index is 12.5. The summed E-state index contributed by atoms with van der Waals surface area (Å²) < 4.78 is 21.5. The normalized spacial score (nSPS) is 10.2. The molecule has 0 fully saturated rings. The van der Waals surface area contributed by atoms with E-state index in [1.54, 1.807) is 42.5 Å². The molecule has 3 N–H and O–H groups in total. The molecule has 2 aromatic carbocycles. The summed E-state index contributed by atoms with van der Waals surface area (Å²) >= 11 is 0. The van der Waals surface area contributed by atoms with Gasteiger partial charge in [-0.05, 0) is 42.0 Å². The van der Waals surface area contributed by atoms with Gasteiger partial charge in [-0.25, -0.2) is 4.98 Å². The van der Waals surface area contributed by atoms with E-state index >= 15 is 0 Å². The third-order valence-corrected chi connectivity index (χ3v) is 4.45. The number of hydrogen-bond donors (Lipinski definition) is 2. The highest BCUT2D eigenvalue weighted by Crippen LogP contribution is 2.38. The second-order valence-electron chi connectivity index (χ2n) is 6.64. The van der Waals surface area contributed by atoms with Crippen LogP contribution in [0.3, 0.4) is 0 Å². The number of primary amides is 1. The smallest absolute Gasteiger partial charge is 0.248 e. The number of anilines is 1. The summed E-state index contributed by atoms with van der Waals surface area (Å²) in [6.07, 6.45) is 1.56. The molecule has 0 spiro atoms. The monoisotopic (exact) mass is 437 g/mol. The third kappa shape index (κ3) is 5.45. The minimum atomic E-state index is -0.548. The van der Waals surface area contributed by atoms with Crippen LogP contribution < -0.4 is 30.0 Å². The maximum absolute atomic E-state index is 12.5. The zero-order valence-electron chi connectivity index (χ0n) is 17.9. The molecule has 0 radical (unpaired) electrons. The van der Waals surface area contributed by atoms with Crippen LogP contribution in [0.15, 0.2) is 54.7 Å². The van der Waals surface area contributed by atoms with E-state index in [-0.39, 0.29) is 12.3 Å². The molecule has 9 nitrogen and oxygen atoms in total. The Hall–Kier alpha value is -4.27. The van der Waals surface area contributed by atoms with Crippen LogP contribution in [-0.2, 0) is 11.2 Å². The molecule has 2 amide bonds. The molecule has 1 aromatic heterocycles. The van der Waals surface area contributed by atoms with Crippen molar-refractivity contribution in [3.8, 4) is 28.9 Å². The lowest BCUT2D eigenvalue weighted by Crippen LogP contribution is -2.14. The van der Waals surface area contributed by atoms with Gasteiger partial charge in [0.15, 0.2) is 11.5 Å².